The number of allylic oxidation sites excluding steroid dienone is 1. The van der Waals surface area contributed by atoms with Gasteiger partial charge in [0.25, 0.3) is 0 Å². The second-order valence-corrected chi connectivity index (χ2v) is 9.31. The van der Waals surface area contributed by atoms with Crippen molar-refractivity contribution < 1.29 is 4.79 Å². The average molecular weight is 448 g/mol. The van der Waals surface area contributed by atoms with Crippen molar-refractivity contribution in [2.24, 2.45) is 21.6 Å². The Bertz CT molecular complexity index is 1170. The summed E-state index contributed by atoms with van der Waals surface area (Å²) in [5.41, 5.74) is 11.3. The Morgan fingerprint density at radius 2 is 2.19 bits per heavy atom. The summed E-state index contributed by atoms with van der Waals surface area (Å²) in [6.45, 7) is 8.20. The van der Waals surface area contributed by atoms with Gasteiger partial charge in [0.1, 0.15) is 11.5 Å². The first-order chi connectivity index (χ1) is 15.3. The SMILES string of the molecule is C=S1C=C(c2ccc(C)c(C3=NC=C(NC(=O)C(CN)/C(C)=C\CC)NC#C3)c2)N=C1C. The molecule has 32 heavy (non-hydrogen) atoms. The lowest BCUT2D eigenvalue weighted by atomic mass is 9.99. The van der Waals surface area contributed by atoms with E-state index in [1.807, 2.05) is 45.9 Å². The standard InChI is InChI=1S/C25H29N5OS/c1-6-7-16(2)21(13-26)25(31)30-24-14-28-22(10-11-27-24)20-12-19(9-8-17(20)3)23-15-32(5)18(4)29-23/h7-9,12,14-15,21,27H,5-6,13,26H2,1-4H3,(H,30,31)/b16-7-. The number of benzene rings is 1. The number of rotatable bonds is 7. The maximum absolute atomic E-state index is 12.7. The molecule has 6 nitrogen and oxygen atoms in total. The molecule has 3 rings (SSSR count). The highest BCUT2D eigenvalue weighted by Crippen LogP contribution is 2.32. The van der Waals surface area contributed by atoms with Gasteiger partial charge in [0.05, 0.1) is 22.9 Å². The predicted molar refractivity (Wildman–Crippen MR) is 137 cm³/mol. The van der Waals surface area contributed by atoms with E-state index in [0.29, 0.717) is 11.5 Å². The van der Waals surface area contributed by atoms with E-state index in [0.717, 1.165) is 39.4 Å². The molecule has 1 aromatic carbocycles. The lowest BCUT2D eigenvalue weighted by molar-refractivity contribution is -0.122. The second-order valence-electron chi connectivity index (χ2n) is 7.62. The fourth-order valence-corrected chi connectivity index (χ4v) is 4.22. The third-order valence-corrected chi connectivity index (χ3v) is 6.64. The van der Waals surface area contributed by atoms with Crippen LogP contribution in [0.25, 0.3) is 5.70 Å². The predicted octanol–water partition coefficient (Wildman–Crippen LogP) is 3.63. The van der Waals surface area contributed by atoms with E-state index in [1.165, 1.54) is 0 Å². The van der Waals surface area contributed by atoms with Crippen LogP contribution in [0.5, 0.6) is 0 Å². The first kappa shape index (κ1) is 23.5. The lowest BCUT2D eigenvalue weighted by Crippen LogP contribution is -2.38. The summed E-state index contributed by atoms with van der Waals surface area (Å²) >= 11 is 0. The molecule has 0 bridgehead atoms. The zero-order chi connectivity index (χ0) is 23.3. The van der Waals surface area contributed by atoms with Gasteiger partial charge in [-0.05, 0) is 50.2 Å². The normalized spacial score (nSPS) is 18.8. The van der Waals surface area contributed by atoms with E-state index in [1.54, 1.807) is 6.20 Å². The summed E-state index contributed by atoms with van der Waals surface area (Å²) in [6, 6.07) is 9.02. The van der Waals surface area contributed by atoms with E-state index < -0.39 is 5.92 Å². The van der Waals surface area contributed by atoms with Gasteiger partial charge in [0.15, 0.2) is 0 Å². The molecule has 0 saturated heterocycles. The topological polar surface area (TPSA) is 91.9 Å². The minimum atomic E-state index is -0.391. The Labute approximate surface area is 192 Å². The van der Waals surface area contributed by atoms with E-state index in [2.05, 4.69) is 49.9 Å². The number of aliphatic imine (C=N–C) groups is 2. The Hall–Kier alpha value is -3.21. The van der Waals surface area contributed by atoms with Crippen molar-refractivity contribution in [2.75, 3.05) is 6.54 Å². The van der Waals surface area contributed by atoms with Crippen molar-refractivity contribution in [3.8, 4) is 12.0 Å². The van der Waals surface area contributed by atoms with Gasteiger partial charge in [0.2, 0.25) is 5.91 Å². The van der Waals surface area contributed by atoms with E-state index in [4.69, 9.17) is 5.73 Å². The fourth-order valence-electron chi connectivity index (χ4n) is 3.38. The number of aryl methyl sites for hydroxylation is 1. The van der Waals surface area contributed by atoms with Crippen LogP contribution in [-0.2, 0) is 4.79 Å². The molecule has 4 N–H and O–H groups in total. The molecule has 0 aromatic heterocycles. The van der Waals surface area contributed by atoms with Gasteiger partial charge >= 0.3 is 0 Å². The highest BCUT2D eigenvalue weighted by Gasteiger charge is 2.20. The molecule has 0 saturated carbocycles. The highest BCUT2D eigenvalue weighted by molar-refractivity contribution is 8.29. The third kappa shape index (κ3) is 5.34. The Morgan fingerprint density at radius 3 is 2.84 bits per heavy atom. The summed E-state index contributed by atoms with van der Waals surface area (Å²) in [7, 11) is -0.181. The monoisotopic (exact) mass is 447 g/mol. The average Bonchev–Trinajstić information content (AvgIpc) is 2.95. The van der Waals surface area contributed by atoms with Crippen molar-refractivity contribution in [1.29, 1.82) is 0 Å². The molecular formula is C25H29N5OS. The quantitative estimate of drug-likeness (QED) is 0.339. The van der Waals surface area contributed by atoms with Gasteiger partial charge in [0, 0.05) is 23.7 Å². The van der Waals surface area contributed by atoms with Crippen molar-refractivity contribution >= 4 is 38.7 Å². The number of hydrogen-bond acceptors (Lipinski definition) is 5. The van der Waals surface area contributed by atoms with E-state index in [9.17, 15) is 4.79 Å². The van der Waals surface area contributed by atoms with Crippen LogP contribution in [-0.4, -0.2) is 29.1 Å². The summed E-state index contributed by atoms with van der Waals surface area (Å²) in [4.78, 5) is 21.9. The van der Waals surface area contributed by atoms with Gasteiger partial charge < -0.3 is 11.1 Å². The van der Waals surface area contributed by atoms with Crippen LogP contribution in [0.4, 0.5) is 0 Å². The number of carbonyl (C=O) groups is 1. The Balaban J connectivity index is 1.85. The smallest absolute Gasteiger partial charge is 0.234 e. The zero-order valence-electron chi connectivity index (χ0n) is 19.0. The van der Waals surface area contributed by atoms with E-state index >= 15 is 0 Å². The van der Waals surface area contributed by atoms with Crippen molar-refractivity contribution in [2.45, 2.75) is 34.1 Å². The minimum Gasteiger partial charge on any atom is -0.329 e. The number of carbonyl (C=O) groups excluding carboxylic acids is 1. The molecule has 0 aliphatic carbocycles. The number of nitrogens with one attached hydrogen (secondary N) is 2. The summed E-state index contributed by atoms with van der Waals surface area (Å²) in [5, 5.41) is 8.88. The molecule has 0 radical (unpaired) electrons. The Morgan fingerprint density at radius 1 is 1.41 bits per heavy atom. The molecule has 2 unspecified atom stereocenters. The molecule has 2 atom stereocenters. The molecule has 7 heteroatoms. The number of amides is 1. The van der Waals surface area contributed by atoms with Gasteiger partial charge in [-0.2, -0.15) is 0 Å². The van der Waals surface area contributed by atoms with Gasteiger partial charge in [-0.25, -0.2) is 9.98 Å². The number of nitrogens with zero attached hydrogens (tertiary/aromatic N) is 2. The van der Waals surface area contributed by atoms with Crippen LogP contribution in [0.1, 0.15) is 43.9 Å². The number of nitrogens with two attached hydrogens (primary N) is 1. The van der Waals surface area contributed by atoms with Crippen LogP contribution in [0.15, 0.2) is 57.3 Å². The van der Waals surface area contributed by atoms with Gasteiger partial charge in [-0.3, -0.25) is 10.1 Å². The lowest BCUT2D eigenvalue weighted by Gasteiger charge is -2.16. The summed E-state index contributed by atoms with van der Waals surface area (Å²) in [5.74, 6) is 7.02. The van der Waals surface area contributed by atoms with Crippen molar-refractivity contribution in [3.63, 3.8) is 0 Å². The molecule has 166 valence electrons. The van der Waals surface area contributed by atoms with Crippen LogP contribution in [0.3, 0.4) is 0 Å². The summed E-state index contributed by atoms with van der Waals surface area (Å²) < 4.78 is 0. The van der Waals surface area contributed by atoms with Gasteiger partial charge in [-0.1, -0.05) is 36.6 Å². The van der Waals surface area contributed by atoms with Crippen LogP contribution in [0, 0.1) is 24.8 Å². The van der Waals surface area contributed by atoms with Crippen LogP contribution < -0.4 is 16.4 Å². The van der Waals surface area contributed by atoms with Crippen LogP contribution in [0.2, 0.25) is 0 Å². The van der Waals surface area contributed by atoms with Crippen molar-refractivity contribution in [1.82, 2.24) is 10.6 Å². The molecule has 0 spiro atoms. The zero-order valence-corrected chi connectivity index (χ0v) is 19.8. The minimum absolute atomic E-state index is 0.181. The highest BCUT2D eigenvalue weighted by atomic mass is 32.2. The van der Waals surface area contributed by atoms with Crippen molar-refractivity contribution in [3.05, 3.63) is 64.0 Å². The first-order valence-electron chi connectivity index (χ1n) is 10.5. The Kier molecular flexibility index (Phi) is 7.62. The summed E-state index contributed by atoms with van der Waals surface area (Å²) in [6.07, 6.45) is 4.44. The maximum Gasteiger partial charge on any atom is 0.234 e. The molecule has 2 heterocycles. The molecular weight excluding hydrogens is 418 g/mol. The molecule has 0 fully saturated rings. The molecule has 2 aliphatic heterocycles. The molecule has 2 aliphatic rings. The first-order valence-corrected chi connectivity index (χ1v) is 11.9. The maximum atomic E-state index is 12.7. The third-order valence-electron chi connectivity index (χ3n) is 5.29. The fraction of sp³-hybridized carbons (Fsp3) is 0.280. The molecule has 1 aromatic rings. The number of hydrogen-bond donors (Lipinski definition) is 3. The van der Waals surface area contributed by atoms with Gasteiger partial charge in [-0.15, -0.1) is 10.5 Å². The second kappa shape index (κ2) is 10.4. The largest absolute Gasteiger partial charge is 0.329 e. The van der Waals surface area contributed by atoms with E-state index in [-0.39, 0.29) is 22.9 Å². The molecule has 1 amide bonds. The van der Waals surface area contributed by atoms with Crippen LogP contribution >= 0.6 is 10.5 Å².